The third kappa shape index (κ3) is 15.9. The lowest BCUT2D eigenvalue weighted by atomic mass is 10.1. The number of rotatable bonds is 3. The van der Waals surface area contributed by atoms with Gasteiger partial charge >= 0.3 is 0 Å². The summed E-state index contributed by atoms with van der Waals surface area (Å²) in [6.07, 6.45) is 0. The van der Waals surface area contributed by atoms with Gasteiger partial charge in [0.15, 0.2) is 0 Å². The van der Waals surface area contributed by atoms with Gasteiger partial charge in [0.05, 0.1) is 9.79 Å². The molecule has 0 saturated carbocycles. The Labute approximate surface area is 207 Å². The molecule has 0 bridgehead atoms. The molecule has 2 rings (SSSR count). The van der Waals surface area contributed by atoms with Crippen molar-refractivity contribution in [1.82, 2.24) is 4.72 Å². The number of nitrogens with two attached hydrogens (primary N) is 1. The monoisotopic (exact) mass is 618 g/mol. The highest BCUT2D eigenvalue weighted by Crippen LogP contribution is 2.19. The van der Waals surface area contributed by atoms with Gasteiger partial charge in [-0.1, -0.05) is 44.0 Å². The van der Waals surface area contributed by atoms with Crippen LogP contribution < -0.4 is 10.5 Å². The molecule has 0 saturated heterocycles. The first kappa shape index (κ1) is 30.5. The molecule has 0 aromatic heterocycles. The van der Waals surface area contributed by atoms with E-state index in [4.69, 9.17) is 16.4 Å². The average Bonchev–Trinajstić information content (AvgIpc) is 2.51. The van der Waals surface area contributed by atoms with Gasteiger partial charge in [0, 0.05) is 30.7 Å². The van der Waals surface area contributed by atoms with Crippen molar-refractivity contribution in [2.75, 3.05) is 0 Å². The van der Waals surface area contributed by atoms with E-state index in [1.807, 2.05) is 41.5 Å². The van der Waals surface area contributed by atoms with Crippen LogP contribution in [-0.4, -0.2) is 27.9 Å². The Hall–Kier alpha value is -0.490. The Balaban J connectivity index is 0.000000492. The first-order valence-corrected chi connectivity index (χ1v) is 14.4. The smallest absolute Gasteiger partial charge is 0.261 e. The summed E-state index contributed by atoms with van der Waals surface area (Å²) in [4.78, 5) is 0.375. The fraction of sp³-hybridized carbons (Fsp3) is 0.400. The Kier molecular flexibility index (Phi) is 11.9. The van der Waals surface area contributed by atoms with Gasteiger partial charge in [-0.05, 0) is 77.9 Å². The van der Waals surface area contributed by atoms with E-state index >= 15 is 0 Å². The molecular formula is C20H29Br2ClN2O4S2. The van der Waals surface area contributed by atoms with E-state index in [1.54, 1.807) is 36.4 Å². The molecule has 0 aliphatic carbocycles. The fourth-order valence-electron chi connectivity index (χ4n) is 1.71. The summed E-state index contributed by atoms with van der Waals surface area (Å²) >= 11 is 6.37. The Morgan fingerprint density at radius 3 is 1.45 bits per heavy atom. The number of nitrogens with one attached hydrogen (secondary N) is 1. The molecule has 0 heterocycles. The van der Waals surface area contributed by atoms with Gasteiger partial charge in [0.25, 0.3) is 9.05 Å². The number of benzene rings is 2. The first-order chi connectivity index (χ1) is 13.7. The third-order valence-electron chi connectivity index (χ3n) is 2.62. The van der Waals surface area contributed by atoms with Gasteiger partial charge in [-0.25, -0.2) is 21.6 Å². The SMILES string of the molecule is CC(C)(C)N.CC(C)(C)NS(=O)(=O)c1cccc(Br)c1.O=S(=O)(Cl)c1cccc(Br)c1. The molecule has 6 nitrogen and oxygen atoms in total. The number of halogens is 3. The van der Waals surface area contributed by atoms with Gasteiger partial charge < -0.3 is 5.73 Å². The van der Waals surface area contributed by atoms with Gasteiger partial charge in [0.1, 0.15) is 0 Å². The molecule has 11 heteroatoms. The van der Waals surface area contributed by atoms with Crippen LogP contribution in [0.4, 0.5) is 0 Å². The molecule has 0 aliphatic rings. The summed E-state index contributed by atoms with van der Waals surface area (Å²) in [5.74, 6) is 0. The maximum Gasteiger partial charge on any atom is 0.261 e. The minimum Gasteiger partial charge on any atom is -0.326 e. The van der Waals surface area contributed by atoms with Gasteiger partial charge in [0.2, 0.25) is 10.0 Å². The van der Waals surface area contributed by atoms with E-state index in [0.29, 0.717) is 4.47 Å². The minimum atomic E-state index is -3.58. The van der Waals surface area contributed by atoms with Crippen LogP contribution in [0.5, 0.6) is 0 Å². The van der Waals surface area contributed by atoms with Crippen LogP contribution in [0.2, 0.25) is 0 Å². The Morgan fingerprint density at radius 1 is 0.806 bits per heavy atom. The van der Waals surface area contributed by atoms with Crippen molar-refractivity contribution in [3.63, 3.8) is 0 Å². The normalized spacial score (nSPS) is 12.2. The van der Waals surface area contributed by atoms with Crippen molar-refractivity contribution < 1.29 is 16.8 Å². The summed E-state index contributed by atoms with van der Waals surface area (Å²) < 4.78 is 49.2. The predicted molar refractivity (Wildman–Crippen MR) is 135 cm³/mol. The second-order valence-corrected chi connectivity index (χ2v) is 14.7. The second-order valence-electron chi connectivity index (χ2n) is 8.57. The van der Waals surface area contributed by atoms with Crippen molar-refractivity contribution in [2.45, 2.75) is 62.4 Å². The largest absolute Gasteiger partial charge is 0.326 e. The van der Waals surface area contributed by atoms with Crippen LogP contribution in [0.3, 0.4) is 0 Å². The highest BCUT2D eigenvalue weighted by atomic mass is 79.9. The summed E-state index contributed by atoms with van der Waals surface area (Å²) in [6.45, 7) is 11.3. The quantitative estimate of drug-likeness (QED) is 0.432. The van der Waals surface area contributed by atoms with Crippen LogP contribution in [0, 0.1) is 0 Å². The summed E-state index contributed by atoms with van der Waals surface area (Å²) in [6, 6.07) is 12.9. The van der Waals surface area contributed by atoms with E-state index in [0.717, 1.165) is 4.47 Å². The molecule has 0 fully saturated rings. The fourth-order valence-corrected chi connectivity index (χ4v) is 5.08. The van der Waals surface area contributed by atoms with Crippen LogP contribution in [0.25, 0.3) is 0 Å². The molecule has 0 unspecified atom stereocenters. The van der Waals surface area contributed by atoms with E-state index in [1.165, 1.54) is 12.1 Å². The number of sulfonamides is 1. The van der Waals surface area contributed by atoms with Crippen molar-refractivity contribution in [3.8, 4) is 0 Å². The zero-order chi connectivity index (χ0) is 24.7. The van der Waals surface area contributed by atoms with E-state index in [9.17, 15) is 16.8 Å². The van der Waals surface area contributed by atoms with E-state index in [2.05, 4.69) is 36.6 Å². The molecule has 2 aromatic carbocycles. The van der Waals surface area contributed by atoms with Crippen LogP contribution in [-0.2, 0) is 19.1 Å². The third-order valence-corrected chi connectivity index (χ3v) is 6.72. The average molecular weight is 621 g/mol. The number of hydrogen-bond acceptors (Lipinski definition) is 5. The zero-order valence-electron chi connectivity index (χ0n) is 18.3. The lowest BCUT2D eigenvalue weighted by Gasteiger charge is -2.20. The molecule has 2 aromatic rings. The maximum atomic E-state index is 11.9. The Bertz CT molecular complexity index is 1060. The first-order valence-electron chi connectivity index (χ1n) is 8.99. The van der Waals surface area contributed by atoms with Crippen molar-refractivity contribution in [2.24, 2.45) is 5.73 Å². The lowest BCUT2D eigenvalue weighted by molar-refractivity contribution is 0.491. The molecule has 0 amide bonds. The van der Waals surface area contributed by atoms with Gasteiger partial charge in [-0.15, -0.1) is 0 Å². The molecule has 31 heavy (non-hydrogen) atoms. The topological polar surface area (TPSA) is 106 Å². The molecular weight excluding hydrogens is 592 g/mol. The molecule has 0 radical (unpaired) electrons. The van der Waals surface area contributed by atoms with Crippen LogP contribution >= 0.6 is 42.5 Å². The van der Waals surface area contributed by atoms with Crippen molar-refractivity contribution in [1.29, 1.82) is 0 Å². The van der Waals surface area contributed by atoms with Crippen LogP contribution in [0.15, 0.2) is 67.3 Å². The lowest BCUT2D eigenvalue weighted by Crippen LogP contribution is -2.40. The number of hydrogen-bond donors (Lipinski definition) is 2. The van der Waals surface area contributed by atoms with Crippen LogP contribution in [0.1, 0.15) is 41.5 Å². The molecule has 176 valence electrons. The van der Waals surface area contributed by atoms with Gasteiger partial charge in [-0.3, -0.25) is 0 Å². The second kappa shape index (κ2) is 12.1. The summed E-state index contributed by atoms with van der Waals surface area (Å²) in [7, 11) is -1.92. The molecule has 3 N–H and O–H groups in total. The summed E-state index contributed by atoms with van der Waals surface area (Å²) in [5, 5.41) is 0. The van der Waals surface area contributed by atoms with E-state index < -0.39 is 24.6 Å². The highest BCUT2D eigenvalue weighted by molar-refractivity contribution is 9.10. The van der Waals surface area contributed by atoms with Crippen molar-refractivity contribution >= 4 is 61.6 Å². The predicted octanol–water partition coefficient (Wildman–Crippen LogP) is 5.65. The Morgan fingerprint density at radius 2 is 1.16 bits per heavy atom. The molecule has 0 atom stereocenters. The standard InChI is InChI=1S/C10H14BrNO2S.C6H4BrClO2S.C4H11N/c1-10(2,3)12-15(13,14)9-6-4-5-8(11)7-9;7-5-2-1-3-6(4-5)11(8,9)10;1-4(2,3)5/h4-7,12H,1-3H3;1-4H;5H2,1-3H3. The molecule has 0 spiro atoms. The zero-order valence-corrected chi connectivity index (χ0v) is 23.8. The van der Waals surface area contributed by atoms with Crippen molar-refractivity contribution in [3.05, 3.63) is 57.5 Å². The van der Waals surface area contributed by atoms with Gasteiger partial charge in [-0.2, -0.15) is 0 Å². The van der Waals surface area contributed by atoms with E-state index in [-0.39, 0.29) is 15.3 Å². The highest BCUT2D eigenvalue weighted by Gasteiger charge is 2.21. The minimum absolute atomic E-state index is 0. The summed E-state index contributed by atoms with van der Waals surface area (Å²) in [5.41, 5.74) is 4.88. The maximum absolute atomic E-state index is 11.9. The molecule has 0 aliphatic heterocycles.